The van der Waals surface area contributed by atoms with Gasteiger partial charge in [0, 0.05) is 11.8 Å². The predicted molar refractivity (Wildman–Crippen MR) is 51.7 cm³/mol. The van der Waals surface area contributed by atoms with Gasteiger partial charge in [-0.05, 0) is 14.0 Å². The number of aromatic nitrogens is 2. The van der Waals surface area contributed by atoms with E-state index in [4.69, 9.17) is 4.74 Å². The van der Waals surface area contributed by atoms with Crippen LogP contribution in [0.1, 0.15) is 5.69 Å². The second-order valence-corrected chi connectivity index (χ2v) is 4.81. The van der Waals surface area contributed by atoms with Gasteiger partial charge in [0.05, 0.1) is 5.75 Å². The highest BCUT2D eigenvalue weighted by Gasteiger charge is 2.07. The Morgan fingerprint density at radius 1 is 1.64 bits per heavy atom. The molecule has 0 radical (unpaired) electrons. The summed E-state index contributed by atoms with van der Waals surface area (Å²) >= 11 is 0. The summed E-state index contributed by atoms with van der Waals surface area (Å²) in [5.41, 5.74) is 0.872. The van der Waals surface area contributed by atoms with Crippen molar-refractivity contribution in [1.29, 1.82) is 0 Å². The van der Waals surface area contributed by atoms with E-state index in [2.05, 4.69) is 14.9 Å². The van der Waals surface area contributed by atoms with Gasteiger partial charge in [-0.15, -0.1) is 5.10 Å². The van der Waals surface area contributed by atoms with Crippen LogP contribution in [0.3, 0.4) is 0 Å². The van der Waals surface area contributed by atoms with Gasteiger partial charge in [0.2, 0.25) is 15.9 Å². The van der Waals surface area contributed by atoms with Gasteiger partial charge < -0.3 is 4.74 Å². The molecular formula is C7H13N3O3S. The quantitative estimate of drug-likeness (QED) is 0.708. The zero-order chi connectivity index (χ0) is 10.6. The first-order valence-corrected chi connectivity index (χ1v) is 5.75. The van der Waals surface area contributed by atoms with Crippen LogP contribution in [0.25, 0.3) is 0 Å². The summed E-state index contributed by atoms with van der Waals surface area (Å²) < 4.78 is 29.3. The monoisotopic (exact) mass is 219 g/mol. The molecule has 0 atom stereocenters. The van der Waals surface area contributed by atoms with Crippen molar-refractivity contribution >= 4 is 10.0 Å². The van der Waals surface area contributed by atoms with Gasteiger partial charge in [-0.3, -0.25) is 5.10 Å². The molecule has 1 aromatic heterocycles. The zero-order valence-corrected chi connectivity index (χ0v) is 8.89. The highest BCUT2D eigenvalue weighted by molar-refractivity contribution is 7.89. The Hall–Kier alpha value is -1.08. The molecule has 0 unspecified atom stereocenters. The molecular weight excluding hydrogens is 206 g/mol. The summed E-state index contributed by atoms with van der Waals surface area (Å²) in [6.07, 6.45) is 0. The summed E-state index contributed by atoms with van der Waals surface area (Å²) in [6, 6.07) is 1.70. The third-order valence-electron chi connectivity index (χ3n) is 1.60. The highest BCUT2D eigenvalue weighted by Crippen LogP contribution is 2.06. The molecule has 0 bridgehead atoms. The highest BCUT2D eigenvalue weighted by atomic mass is 32.2. The lowest BCUT2D eigenvalue weighted by Crippen LogP contribution is -2.25. The summed E-state index contributed by atoms with van der Waals surface area (Å²) in [5.74, 6) is 0.337. The normalized spacial score (nSPS) is 11.6. The topological polar surface area (TPSA) is 84.1 Å². The first-order valence-electron chi connectivity index (χ1n) is 4.09. The fraction of sp³-hybridized carbons (Fsp3) is 0.571. The molecule has 0 spiro atoms. The molecule has 0 saturated carbocycles. The van der Waals surface area contributed by atoms with Crippen LogP contribution in [0.5, 0.6) is 5.88 Å². The van der Waals surface area contributed by atoms with E-state index in [1.165, 1.54) is 7.05 Å². The van der Waals surface area contributed by atoms with Crippen molar-refractivity contribution in [2.24, 2.45) is 0 Å². The van der Waals surface area contributed by atoms with Crippen LogP contribution < -0.4 is 9.46 Å². The number of sulfonamides is 1. The van der Waals surface area contributed by atoms with Gasteiger partial charge in [-0.2, -0.15) is 0 Å². The lowest BCUT2D eigenvalue weighted by atomic mass is 10.5. The van der Waals surface area contributed by atoms with Crippen molar-refractivity contribution in [1.82, 2.24) is 14.9 Å². The maximum atomic E-state index is 11.0. The molecule has 0 aliphatic carbocycles. The van der Waals surface area contributed by atoms with Crippen LogP contribution in [0.2, 0.25) is 0 Å². The Bertz CT molecular complexity index is 385. The van der Waals surface area contributed by atoms with Crippen molar-refractivity contribution in [2.75, 3.05) is 19.4 Å². The minimum Gasteiger partial charge on any atom is -0.475 e. The van der Waals surface area contributed by atoms with E-state index in [1.807, 2.05) is 6.92 Å². The van der Waals surface area contributed by atoms with Gasteiger partial charge in [0.25, 0.3) is 0 Å². The Morgan fingerprint density at radius 2 is 2.36 bits per heavy atom. The van der Waals surface area contributed by atoms with E-state index in [0.29, 0.717) is 5.88 Å². The van der Waals surface area contributed by atoms with E-state index >= 15 is 0 Å². The van der Waals surface area contributed by atoms with E-state index in [0.717, 1.165) is 5.69 Å². The second-order valence-electron chi connectivity index (χ2n) is 2.76. The van der Waals surface area contributed by atoms with Gasteiger partial charge in [-0.1, -0.05) is 0 Å². The molecule has 0 amide bonds. The number of nitrogens with zero attached hydrogens (tertiary/aromatic N) is 1. The lowest BCUT2D eigenvalue weighted by Gasteiger charge is -2.02. The molecule has 0 aliphatic heterocycles. The molecule has 1 rings (SSSR count). The fourth-order valence-corrected chi connectivity index (χ4v) is 1.33. The lowest BCUT2D eigenvalue weighted by molar-refractivity contribution is 0.326. The Morgan fingerprint density at radius 3 is 2.86 bits per heavy atom. The number of hydrogen-bond donors (Lipinski definition) is 2. The van der Waals surface area contributed by atoms with Crippen LogP contribution in [-0.4, -0.2) is 38.0 Å². The van der Waals surface area contributed by atoms with Gasteiger partial charge in [0.1, 0.15) is 6.61 Å². The standard InChI is InChI=1S/C7H13N3O3S/c1-6-5-7(10-9-6)13-3-4-14(11,12)8-2/h5,8H,3-4H2,1-2H3,(H,9,10). The molecule has 14 heavy (non-hydrogen) atoms. The zero-order valence-electron chi connectivity index (χ0n) is 8.07. The average molecular weight is 219 g/mol. The fourth-order valence-electron chi connectivity index (χ4n) is 0.825. The van der Waals surface area contributed by atoms with Crippen molar-refractivity contribution in [3.63, 3.8) is 0 Å². The Balaban J connectivity index is 2.36. The molecule has 0 fully saturated rings. The van der Waals surface area contributed by atoms with Gasteiger partial charge >= 0.3 is 0 Å². The van der Waals surface area contributed by atoms with Crippen molar-refractivity contribution < 1.29 is 13.2 Å². The van der Waals surface area contributed by atoms with Crippen LogP contribution >= 0.6 is 0 Å². The van der Waals surface area contributed by atoms with E-state index < -0.39 is 10.0 Å². The van der Waals surface area contributed by atoms with Gasteiger partial charge in [-0.25, -0.2) is 13.1 Å². The number of rotatable bonds is 5. The van der Waals surface area contributed by atoms with Crippen LogP contribution in [0, 0.1) is 6.92 Å². The van der Waals surface area contributed by atoms with Crippen molar-refractivity contribution in [2.45, 2.75) is 6.92 Å². The first kappa shape index (κ1) is 11.0. The third-order valence-corrected chi connectivity index (χ3v) is 2.92. The average Bonchev–Trinajstić information content (AvgIpc) is 2.51. The molecule has 2 N–H and O–H groups in total. The molecule has 7 heteroatoms. The maximum absolute atomic E-state index is 11.0. The van der Waals surface area contributed by atoms with Crippen LogP contribution in [-0.2, 0) is 10.0 Å². The Kier molecular flexibility index (Phi) is 3.48. The van der Waals surface area contributed by atoms with Crippen LogP contribution in [0.4, 0.5) is 0 Å². The Labute approximate surface area is 82.7 Å². The molecule has 0 saturated heterocycles. The third kappa shape index (κ3) is 3.35. The minimum absolute atomic E-state index is 0.0740. The second kappa shape index (κ2) is 4.43. The molecule has 6 nitrogen and oxygen atoms in total. The smallest absolute Gasteiger partial charge is 0.232 e. The molecule has 80 valence electrons. The predicted octanol–water partition coefficient (Wildman–Crippen LogP) is -0.354. The van der Waals surface area contributed by atoms with E-state index in [-0.39, 0.29) is 12.4 Å². The summed E-state index contributed by atoms with van der Waals surface area (Å²) in [5, 5.41) is 6.49. The first-order chi connectivity index (χ1) is 6.53. The molecule has 1 aromatic rings. The summed E-state index contributed by atoms with van der Waals surface area (Å²) in [7, 11) is -1.83. The summed E-state index contributed by atoms with van der Waals surface area (Å²) in [6.45, 7) is 1.93. The van der Waals surface area contributed by atoms with Gasteiger partial charge in [0.15, 0.2) is 0 Å². The van der Waals surface area contributed by atoms with Crippen molar-refractivity contribution in [3.05, 3.63) is 11.8 Å². The number of hydrogen-bond acceptors (Lipinski definition) is 4. The van der Waals surface area contributed by atoms with Crippen molar-refractivity contribution in [3.8, 4) is 5.88 Å². The SMILES string of the molecule is CNS(=O)(=O)CCOc1cc(C)[nH]n1. The van der Waals surface area contributed by atoms with E-state index in [1.54, 1.807) is 6.07 Å². The molecule has 0 aliphatic rings. The minimum atomic E-state index is -3.20. The summed E-state index contributed by atoms with van der Waals surface area (Å²) in [4.78, 5) is 0. The number of H-pyrrole nitrogens is 1. The largest absolute Gasteiger partial charge is 0.475 e. The number of aromatic amines is 1. The number of aryl methyl sites for hydroxylation is 1. The maximum Gasteiger partial charge on any atom is 0.232 e. The van der Waals surface area contributed by atoms with E-state index in [9.17, 15) is 8.42 Å². The number of nitrogens with one attached hydrogen (secondary N) is 2. The molecule has 0 aromatic carbocycles. The molecule has 1 heterocycles. The number of ether oxygens (including phenoxy) is 1. The van der Waals surface area contributed by atoms with Crippen LogP contribution in [0.15, 0.2) is 6.07 Å².